The third-order valence-corrected chi connectivity index (χ3v) is 3.34. The van der Waals surface area contributed by atoms with E-state index in [9.17, 15) is 4.79 Å². The number of aromatic nitrogens is 1. The van der Waals surface area contributed by atoms with E-state index in [1.165, 1.54) is 12.3 Å². The molecule has 0 unspecified atom stereocenters. The van der Waals surface area contributed by atoms with Crippen LogP contribution in [0.5, 0.6) is 5.75 Å². The highest BCUT2D eigenvalue weighted by Crippen LogP contribution is 2.18. The van der Waals surface area contributed by atoms with Crippen LogP contribution in [-0.4, -0.2) is 29.9 Å². The molecule has 2 aromatic rings. The molecule has 2 N–H and O–H groups in total. The first kappa shape index (κ1) is 15.1. The van der Waals surface area contributed by atoms with E-state index in [-0.39, 0.29) is 16.7 Å². The zero-order valence-corrected chi connectivity index (χ0v) is 12.6. The third-order valence-electron chi connectivity index (χ3n) is 3.04. The Morgan fingerprint density at radius 2 is 2.05 bits per heavy atom. The van der Waals surface area contributed by atoms with Gasteiger partial charge in [0, 0.05) is 19.8 Å². The number of rotatable bonds is 4. The number of hydrogen-bond donors (Lipinski definition) is 1. The molecule has 110 valence electrons. The first-order valence-electron chi connectivity index (χ1n) is 6.30. The van der Waals surface area contributed by atoms with Crippen molar-refractivity contribution in [1.29, 1.82) is 0 Å². The fraction of sp³-hybridized carbons (Fsp3) is 0.200. The van der Waals surface area contributed by atoms with E-state index in [1.54, 1.807) is 19.1 Å². The van der Waals surface area contributed by atoms with Crippen molar-refractivity contribution < 1.29 is 9.53 Å². The molecule has 0 saturated carbocycles. The molecule has 1 aromatic heterocycles. The lowest BCUT2D eigenvalue weighted by Gasteiger charge is -2.17. The standard InChI is InChI=1S/C15H16ClN3O2/c1-19(9-10-3-5-12(21-2)6-4-10)15(20)11-7-13(16)14(17)18-8-11/h3-8H,9H2,1-2H3,(H2,17,18). The number of anilines is 1. The van der Waals surface area contributed by atoms with Crippen LogP contribution in [-0.2, 0) is 6.54 Å². The summed E-state index contributed by atoms with van der Waals surface area (Å²) >= 11 is 5.88. The van der Waals surface area contributed by atoms with Crippen LogP contribution in [0.2, 0.25) is 5.02 Å². The van der Waals surface area contributed by atoms with E-state index in [0.717, 1.165) is 11.3 Å². The summed E-state index contributed by atoms with van der Waals surface area (Å²) in [6.07, 6.45) is 1.42. The Bertz CT molecular complexity index is 644. The average molecular weight is 306 g/mol. The van der Waals surface area contributed by atoms with Gasteiger partial charge < -0.3 is 15.4 Å². The van der Waals surface area contributed by atoms with E-state index in [1.807, 2.05) is 24.3 Å². The van der Waals surface area contributed by atoms with Crippen molar-refractivity contribution in [2.75, 3.05) is 19.9 Å². The van der Waals surface area contributed by atoms with E-state index in [0.29, 0.717) is 12.1 Å². The largest absolute Gasteiger partial charge is 0.497 e. The molecular weight excluding hydrogens is 290 g/mol. The van der Waals surface area contributed by atoms with Gasteiger partial charge in [0.2, 0.25) is 0 Å². The van der Waals surface area contributed by atoms with Gasteiger partial charge in [0.05, 0.1) is 17.7 Å². The van der Waals surface area contributed by atoms with Crippen LogP contribution < -0.4 is 10.5 Å². The maximum Gasteiger partial charge on any atom is 0.255 e. The number of hydrogen-bond acceptors (Lipinski definition) is 4. The second-order valence-corrected chi connectivity index (χ2v) is 5.01. The van der Waals surface area contributed by atoms with Crippen LogP contribution >= 0.6 is 11.6 Å². The number of carbonyl (C=O) groups excluding carboxylic acids is 1. The molecule has 0 atom stereocenters. The number of pyridine rings is 1. The number of halogens is 1. The minimum atomic E-state index is -0.166. The molecule has 5 nitrogen and oxygen atoms in total. The molecule has 6 heteroatoms. The number of amides is 1. The van der Waals surface area contributed by atoms with Gasteiger partial charge in [0.15, 0.2) is 0 Å². The van der Waals surface area contributed by atoms with Crippen molar-refractivity contribution in [3.05, 3.63) is 52.7 Å². The molecule has 1 aromatic carbocycles. The van der Waals surface area contributed by atoms with Crippen LogP contribution in [0, 0.1) is 0 Å². The second kappa shape index (κ2) is 6.45. The van der Waals surface area contributed by atoms with Crippen molar-refractivity contribution in [3.8, 4) is 5.75 Å². The smallest absolute Gasteiger partial charge is 0.255 e. The highest BCUT2D eigenvalue weighted by Gasteiger charge is 2.14. The number of benzene rings is 1. The third kappa shape index (κ3) is 3.64. The van der Waals surface area contributed by atoms with E-state index in [2.05, 4.69) is 4.98 Å². The number of nitrogens with two attached hydrogens (primary N) is 1. The Morgan fingerprint density at radius 1 is 1.38 bits per heavy atom. The van der Waals surface area contributed by atoms with Gasteiger partial charge in [-0.1, -0.05) is 23.7 Å². The molecule has 0 radical (unpaired) electrons. The summed E-state index contributed by atoms with van der Waals surface area (Å²) in [4.78, 5) is 17.8. The van der Waals surface area contributed by atoms with Crippen LogP contribution in [0.4, 0.5) is 5.82 Å². The summed E-state index contributed by atoms with van der Waals surface area (Å²) in [5.74, 6) is 0.827. The lowest BCUT2D eigenvalue weighted by Crippen LogP contribution is -2.26. The molecule has 1 heterocycles. The molecular formula is C15H16ClN3O2. The Balaban J connectivity index is 2.09. The predicted molar refractivity (Wildman–Crippen MR) is 82.5 cm³/mol. The number of methoxy groups -OCH3 is 1. The van der Waals surface area contributed by atoms with Gasteiger partial charge >= 0.3 is 0 Å². The van der Waals surface area contributed by atoms with Gasteiger partial charge in [0.1, 0.15) is 11.6 Å². The van der Waals surface area contributed by atoms with Crippen LogP contribution in [0.25, 0.3) is 0 Å². The molecule has 1 amide bonds. The van der Waals surface area contributed by atoms with Crippen molar-refractivity contribution in [1.82, 2.24) is 9.88 Å². The van der Waals surface area contributed by atoms with Crippen LogP contribution in [0.1, 0.15) is 15.9 Å². The molecule has 2 rings (SSSR count). The molecule has 0 aliphatic carbocycles. The second-order valence-electron chi connectivity index (χ2n) is 4.60. The first-order valence-corrected chi connectivity index (χ1v) is 6.68. The monoisotopic (exact) mass is 305 g/mol. The van der Waals surface area contributed by atoms with Crippen LogP contribution in [0.3, 0.4) is 0 Å². The van der Waals surface area contributed by atoms with Gasteiger partial charge in [-0.05, 0) is 23.8 Å². The van der Waals surface area contributed by atoms with Gasteiger partial charge in [-0.25, -0.2) is 4.98 Å². The Hall–Kier alpha value is -2.27. The maximum absolute atomic E-state index is 12.3. The molecule has 0 saturated heterocycles. The van der Waals surface area contributed by atoms with E-state index in [4.69, 9.17) is 22.1 Å². The Morgan fingerprint density at radius 3 is 2.62 bits per heavy atom. The zero-order chi connectivity index (χ0) is 15.4. The molecule has 21 heavy (non-hydrogen) atoms. The number of carbonyl (C=O) groups is 1. The fourth-order valence-electron chi connectivity index (χ4n) is 1.86. The normalized spacial score (nSPS) is 10.2. The van der Waals surface area contributed by atoms with Crippen molar-refractivity contribution in [3.63, 3.8) is 0 Å². The summed E-state index contributed by atoms with van der Waals surface area (Å²) in [5, 5.41) is 0.277. The topological polar surface area (TPSA) is 68.5 Å². The van der Waals surface area contributed by atoms with E-state index < -0.39 is 0 Å². The predicted octanol–water partition coefficient (Wildman–Crippen LogP) is 2.60. The number of nitrogen functional groups attached to an aromatic ring is 1. The summed E-state index contributed by atoms with van der Waals surface area (Å²) in [5.41, 5.74) is 6.94. The lowest BCUT2D eigenvalue weighted by atomic mass is 10.2. The van der Waals surface area contributed by atoms with Gasteiger partial charge in [0.25, 0.3) is 5.91 Å². The summed E-state index contributed by atoms with van der Waals surface area (Å²) in [6.45, 7) is 0.477. The fourth-order valence-corrected chi connectivity index (χ4v) is 2.03. The van der Waals surface area contributed by atoms with Gasteiger partial charge in [-0.2, -0.15) is 0 Å². The van der Waals surface area contributed by atoms with E-state index >= 15 is 0 Å². The summed E-state index contributed by atoms with van der Waals surface area (Å²) < 4.78 is 5.10. The zero-order valence-electron chi connectivity index (χ0n) is 11.8. The van der Waals surface area contributed by atoms with Crippen LogP contribution in [0.15, 0.2) is 36.5 Å². The highest BCUT2D eigenvalue weighted by molar-refractivity contribution is 6.33. The Kier molecular flexibility index (Phi) is 4.65. The summed E-state index contributed by atoms with van der Waals surface area (Å²) in [6, 6.07) is 9.06. The molecule has 0 bridgehead atoms. The quantitative estimate of drug-likeness (QED) is 0.942. The number of nitrogens with zero attached hydrogens (tertiary/aromatic N) is 2. The molecule has 0 fully saturated rings. The molecule has 0 aliphatic heterocycles. The summed E-state index contributed by atoms with van der Waals surface area (Å²) in [7, 11) is 3.33. The minimum Gasteiger partial charge on any atom is -0.497 e. The minimum absolute atomic E-state index is 0.166. The Labute approximate surface area is 128 Å². The van der Waals surface area contributed by atoms with Gasteiger partial charge in [-0.3, -0.25) is 4.79 Å². The first-order chi connectivity index (χ1) is 10.0. The van der Waals surface area contributed by atoms with Crippen molar-refractivity contribution in [2.45, 2.75) is 6.54 Å². The van der Waals surface area contributed by atoms with Crippen molar-refractivity contribution in [2.24, 2.45) is 0 Å². The highest BCUT2D eigenvalue weighted by atomic mass is 35.5. The van der Waals surface area contributed by atoms with Crippen molar-refractivity contribution >= 4 is 23.3 Å². The van der Waals surface area contributed by atoms with Gasteiger partial charge in [-0.15, -0.1) is 0 Å². The molecule has 0 aliphatic rings. The lowest BCUT2D eigenvalue weighted by molar-refractivity contribution is 0.0784. The SMILES string of the molecule is COc1ccc(CN(C)C(=O)c2cnc(N)c(Cl)c2)cc1. The molecule has 0 spiro atoms. The number of ether oxygens (including phenoxy) is 1. The maximum atomic E-state index is 12.3. The average Bonchev–Trinajstić information content (AvgIpc) is 2.50.